The molecule has 5 heteroatoms. The van der Waals surface area contributed by atoms with Gasteiger partial charge in [-0.3, -0.25) is 9.59 Å². The van der Waals surface area contributed by atoms with Crippen molar-refractivity contribution in [3.8, 4) is 11.1 Å². The van der Waals surface area contributed by atoms with Crippen LogP contribution in [0.1, 0.15) is 17.4 Å². The van der Waals surface area contributed by atoms with E-state index in [9.17, 15) is 9.59 Å². The molecule has 23 heavy (non-hydrogen) atoms. The van der Waals surface area contributed by atoms with Gasteiger partial charge in [0.1, 0.15) is 5.69 Å². The summed E-state index contributed by atoms with van der Waals surface area (Å²) in [5.74, 6) is -0.529. The number of aromatic amines is 1. The Bertz CT molecular complexity index is 908. The first-order valence-electron chi connectivity index (χ1n) is 7.10. The molecule has 0 unspecified atom stereocenters. The van der Waals surface area contributed by atoms with Crippen molar-refractivity contribution in [2.75, 3.05) is 5.32 Å². The Morgan fingerprint density at radius 3 is 2.43 bits per heavy atom. The smallest absolute Gasteiger partial charge is 0.293 e. The molecule has 0 atom stereocenters. The van der Waals surface area contributed by atoms with E-state index in [4.69, 9.17) is 0 Å². The number of hydrogen-bond acceptors (Lipinski definition) is 2. The minimum atomic E-state index is -0.401. The van der Waals surface area contributed by atoms with Gasteiger partial charge in [-0.15, -0.1) is 0 Å². The molecule has 0 aliphatic carbocycles. The van der Waals surface area contributed by atoms with Gasteiger partial charge in [-0.25, -0.2) is 4.99 Å². The van der Waals surface area contributed by atoms with Crippen molar-refractivity contribution >= 4 is 35.1 Å². The first kappa shape index (κ1) is 14.7. The SMILES string of the molecule is C=NC(=O)c1[nH]c2ccccc2c1-c1ccc(NC(C)=O)cc1. The molecule has 3 aromatic rings. The number of aliphatic imine (C=N–C) groups is 1. The van der Waals surface area contributed by atoms with Crippen LogP contribution in [0.25, 0.3) is 22.0 Å². The molecule has 0 aliphatic rings. The monoisotopic (exact) mass is 305 g/mol. The second kappa shape index (κ2) is 5.88. The first-order chi connectivity index (χ1) is 11.1. The largest absolute Gasteiger partial charge is 0.350 e. The second-order valence-electron chi connectivity index (χ2n) is 5.14. The predicted molar refractivity (Wildman–Crippen MR) is 91.9 cm³/mol. The number of nitrogens with one attached hydrogen (secondary N) is 2. The Hall–Kier alpha value is -3.21. The molecule has 0 bridgehead atoms. The van der Waals surface area contributed by atoms with Crippen LogP contribution in [0, 0.1) is 0 Å². The van der Waals surface area contributed by atoms with Gasteiger partial charge >= 0.3 is 0 Å². The number of hydrogen-bond donors (Lipinski definition) is 2. The predicted octanol–water partition coefficient (Wildman–Crippen LogP) is 3.63. The highest BCUT2D eigenvalue weighted by Crippen LogP contribution is 2.33. The molecule has 0 fully saturated rings. The Balaban J connectivity index is 2.16. The van der Waals surface area contributed by atoms with E-state index in [1.54, 1.807) is 12.1 Å². The highest BCUT2D eigenvalue weighted by Gasteiger charge is 2.18. The summed E-state index contributed by atoms with van der Waals surface area (Å²) in [7, 11) is 0. The molecule has 5 nitrogen and oxygen atoms in total. The molecule has 1 heterocycles. The number of aromatic nitrogens is 1. The molecule has 3 rings (SSSR count). The molecule has 2 N–H and O–H groups in total. The number of fused-ring (bicyclic) bond motifs is 1. The molecule has 2 aromatic carbocycles. The Morgan fingerprint density at radius 2 is 1.78 bits per heavy atom. The highest BCUT2D eigenvalue weighted by atomic mass is 16.2. The average molecular weight is 305 g/mol. The normalized spacial score (nSPS) is 10.5. The second-order valence-corrected chi connectivity index (χ2v) is 5.14. The Morgan fingerprint density at radius 1 is 1.09 bits per heavy atom. The van der Waals surface area contributed by atoms with Gasteiger partial charge in [0, 0.05) is 29.1 Å². The lowest BCUT2D eigenvalue weighted by Gasteiger charge is -2.06. The molecule has 0 radical (unpaired) electrons. The van der Waals surface area contributed by atoms with E-state index in [0.29, 0.717) is 11.4 Å². The number of amides is 2. The summed E-state index contributed by atoms with van der Waals surface area (Å²) in [5, 5.41) is 3.66. The van der Waals surface area contributed by atoms with Crippen LogP contribution in [0.4, 0.5) is 5.69 Å². The lowest BCUT2D eigenvalue weighted by Crippen LogP contribution is -2.05. The van der Waals surface area contributed by atoms with Crippen LogP contribution in [0.15, 0.2) is 53.5 Å². The van der Waals surface area contributed by atoms with Crippen molar-refractivity contribution in [1.82, 2.24) is 4.98 Å². The molecule has 0 aliphatic heterocycles. The summed E-state index contributed by atoms with van der Waals surface area (Å²) in [6, 6.07) is 15.0. The van der Waals surface area contributed by atoms with E-state index < -0.39 is 5.91 Å². The topological polar surface area (TPSA) is 74.3 Å². The van der Waals surface area contributed by atoms with Crippen molar-refractivity contribution in [3.05, 3.63) is 54.2 Å². The van der Waals surface area contributed by atoms with Crippen LogP contribution in [0.3, 0.4) is 0 Å². The van der Waals surface area contributed by atoms with Crippen LogP contribution < -0.4 is 5.32 Å². The number of anilines is 1. The van der Waals surface area contributed by atoms with E-state index in [-0.39, 0.29) is 5.91 Å². The van der Waals surface area contributed by atoms with E-state index in [1.807, 2.05) is 36.4 Å². The number of H-pyrrole nitrogens is 1. The average Bonchev–Trinajstić information content (AvgIpc) is 2.94. The van der Waals surface area contributed by atoms with Crippen LogP contribution >= 0.6 is 0 Å². The zero-order valence-electron chi connectivity index (χ0n) is 12.6. The number of rotatable bonds is 3. The minimum Gasteiger partial charge on any atom is -0.350 e. The molecule has 0 spiro atoms. The number of nitrogens with zero attached hydrogens (tertiary/aromatic N) is 1. The van der Waals surface area contributed by atoms with Gasteiger partial charge in [0.15, 0.2) is 0 Å². The van der Waals surface area contributed by atoms with Crippen molar-refractivity contribution in [1.29, 1.82) is 0 Å². The van der Waals surface area contributed by atoms with Crippen molar-refractivity contribution in [2.45, 2.75) is 6.92 Å². The van der Waals surface area contributed by atoms with Crippen LogP contribution in [-0.4, -0.2) is 23.5 Å². The fourth-order valence-electron chi connectivity index (χ4n) is 2.60. The van der Waals surface area contributed by atoms with Gasteiger partial charge in [-0.2, -0.15) is 0 Å². The number of carbonyl (C=O) groups excluding carboxylic acids is 2. The summed E-state index contributed by atoms with van der Waals surface area (Å²) in [4.78, 5) is 29.8. The highest BCUT2D eigenvalue weighted by molar-refractivity contribution is 6.10. The van der Waals surface area contributed by atoms with Gasteiger partial charge in [-0.05, 0) is 30.5 Å². The molecular weight excluding hydrogens is 290 g/mol. The molecule has 114 valence electrons. The number of benzene rings is 2. The number of carbonyl (C=O) groups is 2. The zero-order valence-corrected chi connectivity index (χ0v) is 12.6. The molecule has 2 amide bonds. The third kappa shape index (κ3) is 2.76. The van der Waals surface area contributed by atoms with E-state index >= 15 is 0 Å². The standard InChI is InChI=1S/C18H15N3O2/c1-11(22)20-13-9-7-12(8-10-13)16-14-5-3-4-6-15(14)21-17(16)18(23)19-2/h3-10,21H,2H2,1H3,(H,20,22). The maximum Gasteiger partial charge on any atom is 0.293 e. The molecule has 1 aromatic heterocycles. The maximum absolute atomic E-state index is 12.1. The summed E-state index contributed by atoms with van der Waals surface area (Å²) < 4.78 is 0. The lowest BCUT2D eigenvalue weighted by atomic mass is 10.0. The van der Waals surface area contributed by atoms with Crippen LogP contribution in [-0.2, 0) is 4.79 Å². The molecule has 0 saturated heterocycles. The Labute approximate surface area is 133 Å². The van der Waals surface area contributed by atoms with Gasteiger partial charge < -0.3 is 10.3 Å². The summed E-state index contributed by atoms with van der Waals surface area (Å²) >= 11 is 0. The van der Waals surface area contributed by atoms with Crippen LogP contribution in [0.2, 0.25) is 0 Å². The summed E-state index contributed by atoms with van der Waals surface area (Å²) in [6.45, 7) is 4.78. The molecular formula is C18H15N3O2. The quantitative estimate of drug-likeness (QED) is 0.725. The lowest BCUT2D eigenvalue weighted by molar-refractivity contribution is -0.114. The van der Waals surface area contributed by atoms with Gasteiger partial charge in [0.05, 0.1) is 0 Å². The minimum absolute atomic E-state index is 0.128. The Kier molecular flexibility index (Phi) is 3.76. The van der Waals surface area contributed by atoms with Gasteiger partial charge in [-0.1, -0.05) is 30.3 Å². The number of para-hydroxylation sites is 1. The fraction of sp³-hybridized carbons (Fsp3) is 0.0556. The zero-order chi connectivity index (χ0) is 16.4. The van der Waals surface area contributed by atoms with Crippen molar-refractivity contribution in [2.24, 2.45) is 4.99 Å². The van der Waals surface area contributed by atoms with Crippen molar-refractivity contribution in [3.63, 3.8) is 0 Å². The fourth-order valence-corrected chi connectivity index (χ4v) is 2.60. The van der Waals surface area contributed by atoms with Gasteiger partial charge in [0.25, 0.3) is 5.91 Å². The summed E-state index contributed by atoms with van der Waals surface area (Å²) in [5.41, 5.74) is 3.63. The first-order valence-corrected chi connectivity index (χ1v) is 7.10. The van der Waals surface area contributed by atoms with E-state index in [2.05, 4.69) is 22.0 Å². The van der Waals surface area contributed by atoms with Gasteiger partial charge in [0.2, 0.25) is 5.91 Å². The van der Waals surface area contributed by atoms with E-state index in [1.165, 1.54) is 6.92 Å². The maximum atomic E-state index is 12.1. The summed E-state index contributed by atoms with van der Waals surface area (Å²) in [6.07, 6.45) is 0. The third-order valence-electron chi connectivity index (χ3n) is 3.56. The van der Waals surface area contributed by atoms with E-state index in [0.717, 1.165) is 22.0 Å². The van der Waals surface area contributed by atoms with Crippen molar-refractivity contribution < 1.29 is 9.59 Å². The third-order valence-corrected chi connectivity index (χ3v) is 3.56. The van der Waals surface area contributed by atoms with Crippen LogP contribution in [0.5, 0.6) is 0 Å². The molecule has 0 saturated carbocycles.